The lowest BCUT2D eigenvalue weighted by Crippen LogP contribution is -2.63. The third-order valence-electron chi connectivity index (χ3n) is 6.51. The number of aliphatic carboxylic acids is 1. The summed E-state index contributed by atoms with van der Waals surface area (Å²) in [6, 6.07) is 5.55. The van der Waals surface area contributed by atoms with Gasteiger partial charge in [0.05, 0.1) is 34.1 Å². The second kappa shape index (κ2) is 8.84. The number of amides is 1. The number of carboxylic acids is 1. The number of nitrogens with zero attached hydrogens (tertiary/aromatic N) is 5. The summed E-state index contributed by atoms with van der Waals surface area (Å²) in [5.41, 5.74) is 1.72. The topological polar surface area (TPSA) is 160 Å². The fourth-order valence-corrected chi connectivity index (χ4v) is 6.02. The third-order valence-corrected chi connectivity index (χ3v) is 7.66. The molecule has 4 atom stereocenters. The molecule has 1 saturated heterocycles. The van der Waals surface area contributed by atoms with Crippen molar-refractivity contribution in [1.29, 1.82) is 0 Å². The van der Waals surface area contributed by atoms with Crippen LogP contribution >= 0.6 is 11.3 Å². The average Bonchev–Trinajstić information content (AvgIpc) is 3.47. The number of β-lactam (4-membered cyclic amide) rings is 1. The number of hydrogen-bond acceptors (Lipinski definition) is 9. The van der Waals surface area contributed by atoms with Crippen LogP contribution in [0.15, 0.2) is 47.6 Å². The number of fused-ring (bicyclic) bond motifs is 2. The van der Waals surface area contributed by atoms with Gasteiger partial charge in [-0.25, -0.2) is 9.78 Å². The van der Waals surface area contributed by atoms with Gasteiger partial charge in [0, 0.05) is 29.8 Å². The standard InChI is InChI=1S/C23H21N5O7S/c1-11-17(20(23(31)32)27-19(11)18(12(2)29)21(27)30)16-8-26-10-24-15(22(26)36-16)7-25-35-9-13-3-5-14(6-4-13)28(33)34/h3-8,10-12,18-19,29H,9H2,1-2H3,(H,31,32)/t11-,12+,18+,19+/m0/s1. The van der Waals surface area contributed by atoms with E-state index in [2.05, 4.69) is 10.1 Å². The Balaban J connectivity index is 1.36. The second-order valence-corrected chi connectivity index (χ2v) is 9.72. The zero-order chi connectivity index (χ0) is 25.7. The maximum Gasteiger partial charge on any atom is 0.352 e. The van der Waals surface area contributed by atoms with Crippen molar-refractivity contribution >= 4 is 45.5 Å². The number of rotatable bonds is 8. The number of carboxylic acid groups (broad SMARTS) is 1. The van der Waals surface area contributed by atoms with Crippen molar-refractivity contribution in [3.63, 3.8) is 0 Å². The van der Waals surface area contributed by atoms with Gasteiger partial charge in [-0.05, 0) is 24.6 Å². The molecular formula is C23H21N5O7S. The molecule has 0 radical (unpaired) electrons. The molecule has 0 saturated carbocycles. The van der Waals surface area contributed by atoms with Gasteiger partial charge >= 0.3 is 5.97 Å². The van der Waals surface area contributed by atoms with E-state index in [1.54, 1.807) is 36.0 Å². The van der Waals surface area contributed by atoms with Crippen LogP contribution in [0.1, 0.15) is 30.0 Å². The first kappa shape index (κ1) is 23.6. The molecule has 2 aromatic heterocycles. The van der Waals surface area contributed by atoms with E-state index in [-0.39, 0.29) is 29.8 Å². The summed E-state index contributed by atoms with van der Waals surface area (Å²) >= 11 is 1.32. The molecule has 2 aliphatic rings. The minimum atomic E-state index is -1.19. The third kappa shape index (κ3) is 3.72. The Labute approximate surface area is 207 Å². The molecule has 0 spiro atoms. The van der Waals surface area contributed by atoms with Crippen molar-refractivity contribution < 1.29 is 29.6 Å². The Morgan fingerprint density at radius 1 is 1.39 bits per heavy atom. The highest BCUT2D eigenvalue weighted by molar-refractivity contribution is 7.18. The number of hydrogen-bond donors (Lipinski definition) is 2. The van der Waals surface area contributed by atoms with Crippen LogP contribution in [0.4, 0.5) is 5.69 Å². The number of thiazole rings is 1. The number of oxime groups is 1. The van der Waals surface area contributed by atoms with Crippen molar-refractivity contribution in [2.75, 3.05) is 0 Å². The number of benzene rings is 1. The van der Waals surface area contributed by atoms with Gasteiger partial charge in [-0.3, -0.25) is 19.3 Å². The monoisotopic (exact) mass is 511 g/mol. The Morgan fingerprint density at radius 2 is 2.11 bits per heavy atom. The van der Waals surface area contributed by atoms with E-state index in [1.807, 2.05) is 6.92 Å². The number of carbonyl (C=O) groups excluding carboxylic acids is 1. The quantitative estimate of drug-likeness (QED) is 0.202. The van der Waals surface area contributed by atoms with Crippen LogP contribution in [0.5, 0.6) is 0 Å². The van der Waals surface area contributed by atoms with E-state index in [9.17, 15) is 29.9 Å². The Kier molecular flexibility index (Phi) is 5.80. The number of aliphatic hydroxyl groups excluding tert-OH is 1. The van der Waals surface area contributed by atoms with Crippen LogP contribution in [0.3, 0.4) is 0 Å². The molecule has 2 N–H and O–H groups in total. The van der Waals surface area contributed by atoms with Gasteiger partial charge in [-0.1, -0.05) is 12.1 Å². The first-order valence-electron chi connectivity index (χ1n) is 11.0. The van der Waals surface area contributed by atoms with Crippen molar-refractivity contribution in [3.05, 3.63) is 68.7 Å². The molecule has 4 heterocycles. The van der Waals surface area contributed by atoms with E-state index >= 15 is 0 Å². The van der Waals surface area contributed by atoms with Crippen LogP contribution in [-0.4, -0.2) is 59.7 Å². The van der Waals surface area contributed by atoms with Gasteiger partial charge in [0.15, 0.2) is 0 Å². The van der Waals surface area contributed by atoms with Crippen LogP contribution in [-0.2, 0) is 21.0 Å². The molecule has 0 aliphatic carbocycles. The molecule has 12 nitrogen and oxygen atoms in total. The summed E-state index contributed by atoms with van der Waals surface area (Å²) in [6.07, 6.45) is 3.91. The largest absolute Gasteiger partial charge is 0.477 e. The molecule has 1 aromatic carbocycles. The van der Waals surface area contributed by atoms with Gasteiger partial charge in [-0.15, -0.1) is 11.3 Å². The highest BCUT2D eigenvalue weighted by Crippen LogP contribution is 2.51. The molecule has 2 aliphatic heterocycles. The zero-order valence-electron chi connectivity index (χ0n) is 19.1. The summed E-state index contributed by atoms with van der Waals surface area (Å²) in [7, 11) is 0. The Bertz CT molecular complexity index is 1440. The number of imidazole rings is 1. The number of nitro groups is 1. The summed E-state index contributed by atoms with van der Waals surface area (Å²) in [4.78, 5) is 47.2. The Hall–Kier alpha value is -4.10. The van der Waals surface area contributed by atoms with Crippen LogP contribution < -0.4 is 0 Å². The van der Waals surface area contributed by atoms with Gasteiger partial charge in [0.1, 0.15) is 29.2 Å². The molecule has 186 valence electrons. The molecule has 0 bridgehead atoms. The lowest BCUT2D eigenvalue weighted by Gasteiger charge is -2.46. The van der Waals surface area contributed by atoms with Crippen LogP contribution in [0, 0.1) is 22.0 Å². The number of non-ortho nitro benzene ring substituents is 1. The summed E-state index contributed by atoms with van der Waals surface area (Å²) in [5.74, 6) is -2.46. The highest BCUT2D eigenvalue weighted by atomic mass is 32.1. The van der Waals surface area contributed by atoms with Gasteiger partial charge < -0.3 is 20.0 Å². The summed E-state index contributed by atoms with van der Waals surface area (Å²) in [6.45, 7) is 3.52. The van der Waals surface area contributed by atoms with E-state index in [0.717, 1.165) is 0 Å². The SMILES string of the molecule is C[C@@H](O)[C@H]1C(=O)N2C(C(=O)O)=C(c3cn4cnc(C=NOCc5ccc([N+](=O)[O-])cc5)c4s3)[C@H](C)[C@H]12. The highest BCUT2D eigenvalue weighted by Gasteiger charge is 2.60. The zero-order valence-corrected chi connectivity index (χ0v) is 20.0. The van der Waals surface area contributed by atoms with Gasteiger partial charge in [-0.2, -0.15) is 0 Å². The predicted octanol–water partition coefficient (Wildman–Crippen LogP) is 2.51. The average molecular weight is 512 g/mol. The second-order valence-electron chi connectivity index (χ2n) is 8.69. The molecule has 3 aromatic rings. The fourth-order valence-electron chi connectivity index (χ4n) is 4.84. The molecule has 1 amide bonds. The van der Waals surface area contributed by atoms with Crippen LogP contribution in [0.2, 0.25) is 0 Å². The lowest BCUT2D eigenvalue weighted by atomic mass is 9.77. The normalized spacial score (nSPS) is 22.2. The first-order valence-corrected chi connectivity index (χ1v) is 11.8. The predicted molar refractivity (Wildman–Crippen MR) is 128 cm³/mol. The number of carbonyl (C=O) groups is 2. The maximum absolute atomic E-state index is 12.6. The van der Waals surface area contributed by atoms with E-state index in [1.165, 1.54) is 34.6 Å². The molecule has 5 rings (SSSR count). The fraction of sp³-hybridized carbons (Fsp3) is 0.304. The van der Waals surface area contributed by atoms with E-state index in [0.29, 0.717) is 26.5 Å². The number of aromatic nitrogens is 2. The van der Waals surface area contributed by atoms with E-state index < -0.39 is 29.0 Å². The van der Waals surface area contributed by atoms with Gasteiger partial charge in [0.25, 0.3) is 5.69 Å². The molecule has 36 heavy (non-hydrogen) atoms. The van der Waals surface area contributed by atoms with Crippen molar-refractivity contribution in [2.24, 2.45) is 17.0 Å². The summed E-state index contributed by atoms with van der Waals surface area (Å²) in [5, 5.41) is 34.6. The van der Waals surface area contributed by atoms with E-state index in [4.69, 9.17) is 4.84 Å². The van der Waals surface area contributed by atoms with Crippen molar-refractivity contribution in [2.45, 2.75) is 32.6 Å². The first-order chi connectivity index (χ1) is 17.2. The summed E-state index contributed by atoms with van der Waals surface area (Å²) < 4.78 is 1.75. The van der Waals surface area contributed by atoms with Crippen LogP contribution in [0.25, 0.3) is 10.4 Å². The molecule has 13 heteroatoms. The minimum Gasteiger partial charge on any atom is -0.477 e. The smallest absolute Gasteiger partial charge is 0.352 e. The Morgan fingerprint density at radius 3 is 2.75 bits per heavy atom. The van der Waals surface area contributed by atoms with Gasteiger partial charge in [0.2, 0.25) is 5.91 Å². The molecule has 0 unspecified atom stereocenters. The maximum atomic E-state index is 12.6. The molecule has 1 fully saturated rings. The lowest BCUT2D eigenvalue weighted by molar-refractivity contribution is -0.384. The minimum absolute atomic E-state index is 0.00975. The number of aliphatic hydroxyl groups is 1. The molecular weight excluding hydrogens is 490 g/mol. The van der Waals surface area contributed by atoms with Crippen molar-refractivity contribution in [1.82, 2.24) is 14.3 Å². The van der Waals surface area contributed by atoms with Crippen molar-refractivity contribution in [3.8, 4) is 0 Å². The number of nitro benzene ring substituents is 1.